The van der Waals surface area contributed by atoms with Crippen LogP contribution < -0.4 is 4.74 Å². The fourth-order valence-electron chi connectivity index (χ4n) is 4.36. The van der Waals surface area contributed by atoms with E-state index in [-0.39, 0.29) is 23.7 Å². The molecule has 1 saturated heterocycles. The predicted molar refractivity (Wildman–Crippen MR) is 100 cm³/mol. The molecule has 2 aromatic rings. The van der Waals surface area contributed by atoms with Crippen LogP contribution in [0.2, 0.25) is 0 Å². The van der Waals surface area contributed by atoms with Gasteiger partial charge in [0.25, 0.3) is 5.91 Å². The van der Waals surface area contributed by atoms with Crippen molar-refractivity contribution in [3.63, 3.8) is 0 Å². The van der Waals surface area contributed by atoms with E-state index in [0.29, 0.717) is 23.9 Å². The van der Waals surface area contributed by atoms with Gasteiger partial charge in [-0.3, -0.25) is 9.89 Å². The van der Waals surface area contributed by atoms with E-state index in [0.717, 1.165) is 44.3 Å². The zero-order valence-corrected chi connectivity index (χ0v) is 15.7. The molecule has 0 radical (unpaired) electrons. The van der Waals surface area contributed by atoms with Crippen LogP contribution in [0.1, 0.15) is 48.8 Å². The molecule has 1 saturated carbocycles. The minimum Gasteiger partial charge on any atom is -0.487 e. The van der Waals surface area contributed by atoms with Crippen molar-refractivity contribution in [3.05, 3.63) is 47.5 Å². The van der Waals surface area contributed by atoms with Crippen LogP contribution in [-0.4, -0.2) is 40.2 Å². The Kier molecular flexibility index (Phi) is 5.14. The number of hydrogen-bond acceptors (Lipinski definition) is 3. The molecule has 0 spiro atoms. The SMILES string of the molecule is CCCCc1cc(C(=O)N2C[C@@H]3CC[C@H](Oc4ccccc4F)[C@@H]3C2)n[nH]1. The highest BCUT2D eigenvalue weighted by Crippen LogP contribution is 2.40. The fraction of sp³-hybridized carbons (Fsp3) is 0.524. The van der Waals surface area contributed by atoms with Crippen molar-refractivity contribution in [2.24, 2.45) is 11.8 Å². The van der Waals surface area contributed by atoms with Crippen molar-refractivity contribution < 1.29 is 13.9 Å². The van der Waals surface area contributed by atoms with E-state index in [1.165, 1.54) is 6.07 Å². The lowest BCUT2D eigenvalue weighted by molar-refractivity contribution is 0.0755. The zero-order chi connectivity index (χ0) is 18.8. The Labute approximate surface area is 158 Å². The number of likely N-dealkylation sites (tertiary alicyclic amines) is 1. The van der Waals surface area contributed by atoms with Gasteiger partial charge in [-0.15, -0.1) is 0 Å². The number of benzene rings is 1. The molecule has 1 aliphatic heterocycles. The first-order valence-electron chi connectivity index (χ1n) is 9.90. The van der Waals surface area contributed by atoms with Crippen molar-refractivity contribution in [2.45, 2.75) is 45.1 Å². The van der Waals surface area contributed by atoms with Crippen LogP contribution in [-0.2, 0) is 6.42 Å². The number of fused-ring (bicyclic) bond motifs is 1. The summed E-state index contributed by atoms with van der Waals surface area (Å²) in [6.07, 6.45) is 5.00. The second-order valence-corrected chi connectivity index (χ2v) is 7.68. The minimum absolute atomic E-state index is 0.0203. The van der Waals surface area contributed by atoms with Gasteiger partial charge in [0, 0.05) is 24.7 Å². The molecule has 0 bridgehead atoms. The summed E-state index contributed by atoms with van der Waals surface area (Å²) in [5.41, 5.74) is 1.51. The van der Waals surface area contributed by atoms with Gasteiger partial charge < -0.3 is 9.64 Å². The first-order chi connectivity index (χ1) is 13.2. The number of aromatic nitrogens is 2. The maximum atomic E-state index is 13.9. The number of H-pyrrole nitrogens is 1. The Balaban J connectivity index is 1.40. The number of hydrogen-bond donors (Lipinski definition) is 1. The molecule has 1 aromatic carbocycles. The fourth-order valence-corrected chi connectivity index (χ4v) is 4.36. The third kappa shape index (κ3) is 3.70. The number of carbonyl (C=O) groups excluding carboxylic acids is 1. The average molecular weight is 371 g/mol. The van der Waals surface area contributed by atoms with Crippen molar-refractivity contribution in [3.8, 4) is 5.75 Å². The third-order valence-corrected chi connectivity index (χ3v) is 5.84. The Morgan fingerprint density at radius 3 is 3.00 bits per heavy atom. The van der Waals surface area contributed by atoms with Crippen LogP contribution in [0.3, 0.4) is 0 Å². The van der Waals surface area contributed by atoms with E-state index < -0.39 is 0 Å². The Bertz CT molecular complexity index is 806. The second kappa shape index (κ2) is 7.71. The minimum atomic E-state index is -0.331. The van der Waals surface area contributed by atoms with Gasteiger partial charge in [-0.05, 0) is 49.8 Å². The highest BCUT2D eigenvalue weighted by atomic mass is 19.1. The quantitative estimate of drug-likeness (QED) is 0.840. The normalized spacial score (nSPS) is 24.2. The van der Waals surface area contributed by atoms with Crippen molar-refractivity contribution in [1.29, 1.82) is 0 Å². The Hall–Kier alpha value is -2.37. The van der Waals surface area contributed by atoms with E-state index in [1.807, 2.05) is 11.0 Å². The van der Waals surface area contributed by atoms with E-state index in [9.17, 15) is 9.18 Å². The number of nitrogens with zero attached hydrogens (tertiary/aromatic N) is 2. The lowest BCUT2D eigenvalue weighted by atomic mass is 9.99. The maximum Gasteiger partial charge on any atom is 0.274 e. The number of rotatable bonds is 6. The Morgan fingerprint density at radius 1 is 1.33 bits per heavy atom. The van der Waals surface area contributed by atoms with Crippen LogP contribution in [0, 0.1) is 17.7 Å². The van der Waals surface area contributed by atoms with Gasteiger partial charge in [-0.1, -0.05) is 25.5 Å². The van der Waals surface area contributed by atoms with Gasteiger partial charge >= 0.3 is 0 Å². The van der Waals surface area contributed by atoms with Crippen molar-refractivity contribution in [1.82, 2.24) is 15.1 Å². The molecular formula is C21H26FN3O2. The van der Waals surface area contributed by atoms with Gasteiger partial charge in [0.1, 0.15) is 11.8 Å². The van der Waals surface area contributed by atoms with Gasteiger partial charge in [-0.25, -0.2) is 4.39 Å². The van der Waals surface area contributed by atoms with Crippen LogP contribution in [0.15, 0.2) is 30.3 Å². The number of aromatic amines is 1. The summed E-state index contributed by atoms with van der Waals surface area (Å²) in [7, 11) is 0. The van der Waals surface area contributed by atoms with E-state index >= 15 is 0 Å². The average Bonchev–Trinajstić information content (AvgIpc) is 3.38. The number of halogens is 1. The summed E-state index contributed by atoms with van der Waals surface area (Å²) >= 11 is 0. The van der Waals surface area contributed by atoms with E-state index in [4.69, 9.17) is 4.74 Å². The van der Waals surface area contributed by atoms with E-state index in [1.54, 1.807) is 18.2 Å². The lowest BCUT2D eigenvalue weighted by Crippen LogP contribution is -2.32. The molecule has 1 aliphatic carbocycles. The summed E-state index contributed by atoms with van der Waals surface area (Å²) < 4.78 is 19.9. The number of nitrogens with one attached hydrogen (secondary N) is 1. The summed E-state index contributed by atoms with van der Waals surface area (Å²) in [5.74, 6) is 0.633. The highest BCUT2D eigenvalue weighted by Gasteiger charge is 2.45. The molecule has 2 aliphatic rings. The first-order valence-corrected chi connectivity index (χ1v) is 9.90. The van der Waals surface area contributed by atoms with Crippen molar-refractivity contribution >= 4 is 5.91 Å². The van der Waals surface area contributed by atoms with Crippen LogP contribution in [0.4, 0.5) is 4.39 Å². The second-order valence-electron chi connectivity index (χ2n) is 7.68. The molecular weight excluding hydrogens is 345 g/mol. The molecule has 3 atom stereocenters. The van der Waals surface area contributed by atoms with Crippen molar-refractivity contribution in [2.75, 3.05) is 13.1 Å². The molecule has 1 amide bonds. The maximum absolute atomic E-state index is 13.9. The van der Waals surface area contributed by atoms with E-state index in [2.05, 4.69) is 17.1 Å². The summed E-state index contributed by atoms with van der Waals surface area (Å²) in [5, 5.41) is 7.19. The largest absolute Gasteiger partial charge is 0.487 e. The molecule has 0 unspecified atom stereocenters. The molecule has 2 fully saturated rings. The lowest BCUT2D eigenvalue weighted by Gasteiger charge is -2.22. The molecule has 6 heteroatoms. The standard InChI is InChI=1S/C21H26FN3O2/c1-2-3-6-15-11-18(24-23-15)21(26)25-12-14-9-10-19(16(14)13-25)27-20-8-5-4-7-17(20)22/h4-5,7-8,11,14,16,19H,2-3,6,9-10,12-13H2,1H3,(H,23,24)/t14-,16+,19-/m0/s1. The number of unbranched alkanes of at least 4 members (excludes halogenated alkanes) is 1. The van der Waals surface area contributed by atoms with Crippen LogP contribution >= 0.6 is 0 Å². The molecule has 27 heavy (non-hydrogen) atoms. The number of carbonyl (C=O) groups is 1. The third-order valence-electron chi connectivity index (χ3n) is 5.84. The summed E-state index contributed by atoms with van der Waals surface area (Å²) in [6.45, 7) is 3.53. The van der Waals surface area contributed by atoms with Gasteiger partial charge in [0.15, 0.2) is 11.6 Å². The van der Waals surface area contributed by atoms with Gasteiger partial charge in [0.05, 0.1) is 0 Å². The van der Waals surface area contributed by atoms with Gasteiger partial charge in [0.2, 0.25) is 0 Å². The number of ether oxygens (including phenoxy) is 1. The zero-order valence-electron chi connectivity index (χ0n) is 15.7. The smallest absolute Gasteiger partial charge is 0.274 e. The number of para-hydroxylation sites is 1. The number of aryl methyl sites for hydroxylation is 1. The molecule has 1 N–H and O–H groups in total. The predicted octanol–water partition coefficient (Wildman–Crippen LogP) is 3.82. The summed E-state index contributed by atoms with van der Waals surface area (Å²) in [6, 6.07) is 8.40. The van der Waals surface area contributed by atoms with Crippen LogP contribution in [0.25, 0.3) is 0 Å². The Morgan fingerprint density at radius 2 is 2.19 bits per heavy atom. The summed E-state index contributed by atoms with van der Waals surface area (Å²) in [4.78, 5) is 14.7. The topological polar surface area (TPSA) is 58.2 Å². The van der Waals surface area contributed by atoms with Crippen LogP contribution in [0.5, 0.6) is 5.75 Å². The molecule has 2 heterocycles. The molecule has 5 nitrogen and oxygen atoms in total. The monoisotopic (exact) mass is 371 g/mol. The molecule has 4 rings (SSSR count). The van der Waals surface area contributed by atoms with Gasteiger partial charge in [-0.2, -0.15) is 5.10 Å². The number of amides is 1. The molecule has 144 valence electrons. The molecule has 1 aromatic heterocycles. The first kappa shape index (κ1) is 18.0. The highest BCUT2D eigenvalue weighted by molar-refractivity contribution is 5.92.